The van der Waals surface area contributed by atoms with E-state index in [1.165, 1.54) is 7.11 Å². The summed E-state index contributed by atoms with van der Waals surface area (Å²) in [6.07, 6.45) is 1.31. The molecule has 0 atom stereocenters. The van der Waals surface area contributed by atoms with Crippen LogP contribution in [0.1, 0.15) is 32.3 Å². The van der Waals surface area contributed by atoms with Gasteiger partial charge in [-0.25, -0.2) is 0 Å². The van der Waals surface area contributed by atoms with Gasteiger partial charge in [0.25, 0.3) is 0 Å². The van der Waals surface area contributed by atoms with Crippen molar-refractivity contribution >= 4 is 5.97 Å². The quantitative estimate of drug-likeness (QED) is 0.560. The molecule has 118 valence electrons. The molecule has 0 radical (unpaired) electrons. The lowest BCUT2D eigenvalue weighted by atomic mass is 10.2. The number of benzene rings is 1. The number of carbonyl (C=O) groups excluding carboxylic acids is 1. The summed E-state index contributed by atoms with van der Waals surface area (Å²) in [5.41, 5.74) is 1.11. The molecule has 0 aliphatic heterocycles. The summed E-state index contributed by atoms with van der Waals surface area (Å²) >= 11 is 0. The molecule has 21 heavy (non-hydrogen) atoms. The summed E-state index contributed by atoms with van der Waals surface area (Å²) in [6, 6.07) is 5.89. The number of carbonyl (C=O) groups is 1. The first-order valence-corrected chi connectivity index (χ1v) is 7.18. The third-order valence-corrected chi connectivity index (χ3v) is 2.88. The Balaban J connectivity index is 2.43. The molecule has 5 nitrogen and oxygen atoms in total. The van der Waals surface area contributed by atoms with Gasteiger partial charge in [-0.1, -0.05) is 6.07 Å². The highest BCUT2D eigenvalue weighted by Gasteiger charge is 2.07. The molecule has 0 aliphatic rings. The predicted molar refractivity (Wildman–Crippen MR) is 81.7 cm³/mol. The minimum Gasteiger partial charge on any atom is -0.493 e. The van der Waals surface area contributed by atoms with Gasteiger partial charge < -0.3 is 19.5 Å². The van der Waals surface area contributed by atoms with Crippen molar-refractivity contribution in [2.75, 3.05) is 20.8 Å². The van der Waals surface area contributed by atoms with E-state index in [0.717, 1.165) is 36.6 Å². The second-order valence-electron chi connectivity index (χ2n) is 5.01. The first-order valence-electron chi connectivity index (χ1n) is 7.18. The molecule has 1 aromatic carbocycles. The van der Waals surface area contributed by atoms with E-state index in [1.54, 1.807) is 7.11 Å². The van der Waals surface area contributed by atoms with Crippen LogP contribution in [0.3, 0.4) is 0 Å². The largest absolute Gasteiger partial charge is 0.493 e. The van der Waals surface area contributed by atoms with E-state index in [4.69, 9.17) is 9.47 Å². The highest BCUT2D eigenvalue weighted by atomic mass is 16.5. The van der Waals surface area contributed by atoms with Crippen LogP contribution in [0.15, 0.2) is 18.2 Å². The van der Waals surface area contributed by atoms with Gasteiger partial charge in [-0.05, 0) is 44.5 Å². The van der Waals surface area contributed by atoms with E-state index in [-0.39, 0.29) is 12.1 Å². The maximum absolute atomic E-state index is 11.0. The molecule has 0 unspecified atom stereocenters. The molecular formula is C16H25NO4. The van der Waals surface area contributed by atoms with Crippen LogP contribution in [0, 0.1) is 0 Å². The molecule has 0 heterocycles. The normalized spacial score (nSPS) is 10.5. The van der Waals surface area contributed by atoms with Crippen LogP contribution < -0.4 is 14.8 Å². The number of nitrogens with one attached hydrogen (secondary N) is 1. The molecule has 5 heteroatoms. The smallest absolute Gasteiger partial charge is 0.305 e. The molecule has 0 bridgehead atoms. The Hall–Kier alpha value is -1.75. The van der Waals surface area contributed by atoms with Gasteiger partial charge in [0.1, 0.15) is 0 Å². The second-order valence-corrected chi connectivity index (χ2v) is 5.01. The molecular weight excluding hydrogens is 270 g/mol. The van der Waals surface area contributed by atoms with E-state index in [1.807, 2.05) is 32.0 Å². The maximum Gasteiger partial charge on any atom is 0.305 e. The summed E-state index contributed by atoms with van der Waals surface area (Å²) in [4.78, 5) is 11.0. The van der Waals surface area contributed by atoms with Gasteiger partial charge in [0, 0.05) is 13.0 Å². The Morgan fingerprint density at radius 2 is 2.00 bits per heavy atom. The van der Waals surface area contributed by atoms with E-state index >= 15 is 0 Å². The standard InChI is InChI=1S/C16H25NO4/c1-12(2)21-14-8-7-13(10-15(14)19-3)11-17-9-5-6-16(18)20-4/h7-8,10,12,17H,5-6,9,11H2,1-4H3. The lowest BCUT2D eigenvalue weighted by molar-refractivity contribution is -0.140. The molecule has 1 N–H and O–H groups in total. The van der Waals surface area contributed by atoms with E-state index < -0.39 is 0 Å². The first-order chi connectivity index (χ1) is 10.1. The topological polar surface area (TPSA) is 56.8 Å². The average Bonchev–Trinajstić information content (AvgIpc) is 2.47. The van der Waals surface area contributed by atoms with Gasteiger partial charge in [0.2, 0.25) is 0 Å². The van der Waals surface area contributed by atoms with Gasteiger partial charge in [0.15, 0.2) is 11.5 Å². The molecule has 0 fully saturated rings. The van der Waals surface area contributed by atoms with Crippen molar-refractivity contribution < 1.29 is 19.0 Å². The van der Waals surface area contributed by atoms with Crippen molar-refractivity contribution in [2.24, 2.45) is 0 Å². The highest BCUT2D eigenvalue weighted by Crippen LogP contribution is 2.28. The Bertz CT molecular complexity index is 446. The monoisotopic (exact) mass is 295 g/mol. The van der Waals surface area contributed by atoms with Crippen LogP contribution in [-0.4, -0.2) is 32.8 Å². The lowest BCUT2D eigenvalue weighted by Gasteiger charge is -2.14. The van der Waals surface area contributed by atoms with Crippen molar-refractivity contribution in [3.63, 3.8) is 0 Å². The zero-order valence-corrected chi connectivity index (χ0v) is 13.3. The Morgan fingerprint density at radius 1 is 1.24 bits per heavy atom. The molecule has 1 rings (SSSR count). The van der Waals surface area contributed by atoms with Crippen molar-refractivity contribution in [3.05, 3.63) is 23.8 Å². The van der Waals surface area contributed by atoms with Gasteiger partial charge in [-0.15, -0.1) is 0 Å². The predicted octanol–water partition coefficient (Wildman–Crippen LogP) is 2.53. The molecule has 1 aromatic rings. The minimum atomic E-state index is -0.173. The Labute approximate surface area is 126 Å². The van der Waals surface area contributed by atoms with Gasteiger partial charge in [-0.3, -0.25) is 4.79 Å². The second kappa shape index (κ2) is 9.23. The van der Waals surface area contributed by atoms with Crippen LogP contribution in [0.4, 0.5) is 0 Å². The minimum absolute atomic E-state index is 0.112. The van der Waals surface area contributed by atoms with Crippen LogP contribution in [0.5, 0.6) is 11.5 Å². The summed E-state index contributed by atoms with van der Waals surface area (Å²) in [6.45, 7) is 5.45. The van der Waals surface area contributed by atoms with E-state index in [2.05, 4.69) is 10.1 Å². The first kappa shape index (κ1) is 17.3. The van der Waals surface area contributed by atoms with Gasteiger partial charge >= 0.3 is 5.97 Å². The van der Waals surface area contributed by atoms with Crippen molar-refractivity contribution in [1.29, 1.82) is 0 Å². The molecule has 0 spiro atoms. The van der Waals surface area contributed by atoms with Crippen LogP contribution in [-0.2, 0) is 16.1 Å². The maximum atomic E-state index is 11.0. The average molecular weight is 295 g/mol. The highest BCUT2D eigenvalue weighted by molar-refractivity contribution is 5.69. The summed E-state index contributed by atoms with van der Waals surface area (Å²) < 4.78 is 15.6. The lowest BCUT2D eigenvalue weighted by Crippen LogP contribution is -2.16. The number of hydrogen-bond acceptors (Lipinski definition) is 5. The number of rotatable bonds is 9. The molecule has 0 amide bonds. The molecule has 0 saturated carbocycles. The number of esters is 1. The third kappa shape index (κ3) is 6.49. The molecule has 0 aliphatic carbocycles. The van der Waals surface area contributed by atoms with E-state index in [9.17, 15) is 4.79 Å². The molecule has 0 aromatic heterocycles. The zero-order valence-electron chi connectivity index (χ0n) is 13.3. The summed E-state index contributed by atoms with van der Waals surface area (Å²) in [5.74, 6) is 1.31. The fourth-order valence-electron chi connectivity index (χ4n) is 1.87. The van der Waals surface area contributed by atoms with Gasteiger partial charge in [-0.2, -0.15) is 0 Å². The van der Waals surface area contributed by atoms with Gasteiger partial charge in [0.05, 0.1) is 20.3 Å². The van der Waals surface area contributed by atoms with Crippen LogP contribution >= 0.6 is 0 Å². The number of methoxy groups -OCH3 is 2. The molecule has 0 saturated heterocycles. The number of ether oxygens (including phenoxy) is 3. The summed E-state index contributed by atoms with van der Waals surface area (Å²) in [7, 11) is 3.04. The SMILES string of the molecule is COC(=O)CCCNCc1ccc(OC(C)C)c(OC)c1. The fourth-order valence-corrected chi connectivity index (χ4v) is 1.87. The summed E-state index contributed by atoms with van der Waals surface area (Å²) in [5, 5.41) is 3.29. The zero-order chi connectivity index (χ0) is 15.7. The Morgan fingerprint density at radius 3 is 2.62 bits per heavy atom. The van der Waals surface area contributed by atoms with Crippen molar-refractivity contribution in [2.45, 2.75) is 39.3 Å². The van der Waals surface area contributed by atoms with E-state index in [0.29, 0.717) is 6.42 Å². The fraction of sp³-hybridized carbons (Fsp3) is 0.562. The van der Waals surface area contributed by atoms with Crippen molar-refractivity contribution in [1.82, 2.24) is 5.32 Å². The number of hydrogen-bond donors (Lipinski definition) is 1. The van der Waals surface area contributed by atoms with Crippen molar-refractivity contribution in [3.8, 4) is 11.5 Å². The Kier molecular flexibility index (Phi) is 7.61. The van der Waals surface area contributed by atoms with Crippen LogP contribution in [0.2, 0.25) is 0 Å². The third-order valence-electron chi connectivity index (χ3n) is 2.88. The van der Waals surface area contributed by atoms with Crippen LogP contribution in [0.25, 0.3) is 0 Å².